The van der Waals surface area contributed by atoms with Gasteiger partial charge in [0.1, 0.15) is 22.9 Å². The molecule has 4 rings (SSSR count). The van der Waals surface area contributed by atoms with Crippen molar-refractivity contribution in [1.82, 2.24) is 4.98 Å². The Balaban J connectivity index is 1.51. The minimum absolute atomic E-state index is 0.178. The molecular formula is C24H26FN3O2. The Hall–Kier alpha value is -3.15. The van der Waals surface area contributed by atoms with Gasteiger partial charge in [-0.25, -0.2) is 9.37 Å². The van der Waals surface area contributed by atoms with Crippen LogP contribution in [0.1, 0.15) is 32.6 Å². The van der Waals surface area contributed by atoms with E-state index in [1.807, 2.05) is 18.2 Å². The number of ether oxygens (including phenoxy) is 1. The quantitative estimate of drug-likeness (QED) is 0.613. The number of benzene rings is 2. The molecule has 1 N–H and O–H groups in total. The normalized spacial score (nSPS) is 16.5. The molecule has 6 heteroatoms. The second-order valence-corrected chi connectivity index (χ2v) is 7.60. The second-order valence-electron chi connectivity index (χ2n) is 7.60. The third-order valence-corrected chi connectivity index (χ3v) is 5.53. The summed E-state index contributed by atoms with van der Waals surface area (Å²) in [4.78, 5) is 19.5. The highest BCUT2D eigenvalue weighted by molar-refractivity contribution is 5.92. The number of aromatic nitrogens is 1. The molecule has 0 radical (unpaired) electrons. The van der Waals surface area contributed by atoms with Crippen LogP contribution in [0.25, 0.3) is 10.9 Å². The molecule has 1 saturated heterocycles. The average molecular weight is 407 g/mol. The van der Waals surface area contributed by atoms with Crippen LogP contribution in [0.4, 0.5) is 15.9 Å². The van der Waals surface area contributed by atoms with Crippen LogP contribution in [0.5, 0.6) is 5.75 Å². The Bertz CT molecular complexity index is 1040. The number of hydrogen-bond donors (Lipinski definition) is 1. The van der Waals surface area contributed by atoms with Crippen LogP contribution in [-0.2, 0) is 4.79 Å². The van der Waals surface area contributed by atoms with E-state index in [0.717, 1.165) is 29.7 Å². The summed E-state index contributed by atoms with van der Waals surface area (Å²) in [7, 11) is 0. The van der Waals surface area contributed by atoms with E-state index in [4.69, 9.17) is 9.72 Å². The first-order chi connectivity index (χ1) is 14.6. The van der Waals surface area contributed by atoms with Gasteiger partial charge in [-0.05, 0) is 62.1 Å². The van der Waals surface area contributed by atoms with Crippen molar-refractivity contribution in [2.24, 2.45) is 0 Å². The maximum Gasteiger partial charge on any atom is 0.262 e. The monoisotopic (exact) mass is 407 g/mol. The van der Waals surface area contributed by atoms with Crippen molar-refractivity contribution < 1.29 is 13.9 Å². The van der Waals surface area contributed by atoms with Crippen molar-refractivity contribution >= 4 is 28.3 Å². The first-order valence-corrected chi connectivity index (χ1v) is 10.5. The van der Waals surface area contributed by atoms with Crippen molar-refractivity contribution in [3.8, 4) is 5.75 Å². The molecule has 1 aliphatic heterocycles. The van der Waals surface area contributed by atoms with Gasteiger partial charge in [-0.1, -0.05) is 25.1 Å². The first-order valence-electron chi connectivity index (χ1n) is 10.5. The highest BCUT2D eigenvalue weighted by Gasteiger charge is 2.22. The summed E-state index contributed by atoms with van der Waals surface area (Å²) in [6.45, 7) is 3.05. The molecule has 1 fully saturated rings. The number of amides is 1. The number of fused-ring (bicyclic) bond motifs is 1. The van der Waals surface area contributed by atoms with Crippen molar-refractivity contribution in [1.29, 1.82) is 0 Å². The number of carbonyl (C=O) groups excluding carboxylic acids is 1. The lowest BCUT2D eigenvalue weighted by Gasteiger charge is -2.36. The number of rotatable bonds is 6. The zero-order chi connectivity index (χ0) is 20.9. The Morgan fingerprint density at radius 3 is 2.90 bits per heavy atom. The van der Waals surface area contributed by atoms with Crippen molar-refractivity contribution in [2.45, 2.75) is 38.6 Å². The molecule has 1 aliphatic rings. The van der Waals surface area contributed by atoms with Crippen LogP contribution >= 0.6 is 0 Å². The Labute approximate surface area is 175 Å². The average Bonchev–Trinajstić information content (AvgIpc) is 2.77. The zero-order valence-corrected chi connectivity index (χ0v) is 17.1. The van der Waals surface area contributed by atoms with Gasteiger partial charge in [-0.3, -0.25) is 4.79 Å². The number of halogens is 1. The molecule has 1 amide bonds. The van der Waals surface area contributed by atoms with Gasteiger partial charge in [0.15, 0.2) is 6.61 Å². The van der Waals surface area contributed by atoms with Gasteiger partial charge in [0.25, 0.3) is 5.91 Å². The predicted octanol–water partition coefficient (Wildman–Crippen LogP) is 5.16. The van der Waals surface area contributed by atoms with E-state index in [-0.39, 0.29) is 12.5 Å². The van der Waals surface area contributed by atoms with Gasteiger partial charge in [0.05, 0.1) is 0 Å². The van der Waals surface area contributed by atoms with E-state index in [9.17, 15) is 9.18 Å². The summed E-state index contributed by atoms with van der Waals surface area (Å²) in [6, 6.07) is 16.1. The fourth-order valence-corrected chi connectivity index (χ4v) is 4.02. The molecule has 2 heterocycles. The highest BCUT2D eigenvalue weighted by Crippen LogP contribution is 2.30. The summed E-state index contributed by atoms with van der Waals surface area (Å²) in [6.07, 6.45) is 4.72. The number of pyridine rings is 1. The van der Waals surface area contributed by atoms with Crippen LogP contribution in [0, 0.1) is 5.82 Å². The molecule has 1 unspecified atom stereocenters. The number of anilines is 2. The topological polar surface area (TPSA) is 54.5 Å². The molecule has 1 atom stereocenters. The van der Waals surface area contributed by atoms with E-state index < -0.39 is 5.82 Å². The van der Waals surface area contributed by atoms with E-state index in [2.05, 4.69) is 29.3 Å². The standard InChI is InChI=1S/C24H26FN3O2/c1-2-20-10-3-4-14-28(20)22-13-12-17-7-5-11-21(24(17)27-22)30-16-23(29)26-19-9-6-8-18(25)15-19/h5-9,11-13,15,20H,2-4,10,14,16H2,1H3,(H,26,29). The zero-order valence-electron chi connectivity index (χ0n) is 17.1. The molecule has 0 bridgehead atoms. The summed E-state index contributed by atoms with van der Waals surface area (Å²) >= 11 is 0. The molecule has 30 heavy (non-hydrogen) atoms. The van der Waals surface area contributed by atoms with Crippen molar-refractivity contribution in [3.05, 3.63) is 60.4 Å². The molecule has 156 valence electrons. The van der Waals surface area contributed by atoms with E-state index in [1.54, 1.807) is 12.1 Å². The minimum Gasteiger partial charge on any atom is -0.481 e. The van der Waals surface area contributed by atoms with Crippen molar-refractivity contribution in [2.75, 3.05) is 23.4 Å². The maximum absolute atomic E-state index is 13.3. The summed E-state index contributed by atoms with van der Waals surface area (Å²) in [5.74, 6) is 0.765. The highest BCUT2D eigenvalue weighted by atomic mass is 19.1. The van der Waals surface area contributed by atoms with Crippen LogP contribution in [0.3, 0.4) is 0 Å². The number of para-hydroxylation sites is 1. The minimum atomic E-state index is -0.400. The van der Waals surface area contributed by atoms with Gasteiger partial charge >= 0.3 is 0 Å². The van der Waals surface area contributed by atoms with Crippen LogP contribution in [0.15, 0.2) is 54.6 Å². The number of hydrogen-bond acceptors (Lipinski definition) is 4. The van der Waals surface area contributed by atoms with Crippen LogP contribution < -0.4 is 15.0 Å². The number of piperidine rings is 1. The van der Waals surface area contributed by atoms with Crippen molar-refractivity contribution in [3.63, 3.8) is 0 Å². The molecule has 0 saturated carbocycles. The van der Waals surface area contributed by atoms with Gasteiger partial charge < -0.3 is 15.0 Å². The van der Waals surface area contributed by atoms with E-state index >= 15 is 0 Å². The van der Waals surface area contributed by atoms with Gasteiger partial charge in [0.2, 0.25) is 0 Å². The fraction of sp³-hybridized carbons (Fsp3) is 0.333. The predicted molar refractivity (Wildman–Crippen MR) is 118 cm³/mol. The molecular weight excluding hydrogens is 381 g/mol. The smallest absolute Gasteiger partial charge is 0.262 e. The molecule has 0 spiro atoms. The molecule has 2 aromatic carbocycles. The Morgan fingerprint density at radius 1 is 1.20 bits per heavy atom. The lowest BCUT2D eigenvalue weighted by atomic mass is 10.00. The fourth-order valence-electron chi connectivity index (χ4n) is 4.02. The molecule has 0 aliphatic carbocycles. The Morgan fingerprint density at radius 2 is 2.07 bits per heavy atom. The second kappa shape index (κ2) is 9.11. The third kappa shape index (κ3) is 4.53. The van der Waals surface area contributed by atoms with Gasteiger partial charge in [-0.2, -0.15) is 0 Å². The SMILES string of the molecule is CCC1CCCCN1c1ccc2cccc(OCC(=O)Nc3cccc(F)c3)c2n1. The van der Waals surface area contributed by atoms with Gasteiger partial charge in [-0.15, -0.1) is 0 Å². The van der Waals surface area contributed by atoms with E-state index in [1.165, 1.54) is 31.4 Å². The lowest BCUT2D eigenvalue weighted by molar-refractivity contribution is -0.118. The largest absolute Gasteiger partial charge is 0.481 e. The van der Waals surface area contributed by atoms with E-state index in [0.29, 0.717) is 17.5 Å². The summed E-state index contributed by atoms with van der Waals surface area (Å²) in [5, 5.41) is 3.61. The lowest BCUT2D eigenvalue weighted by Crippen LogP contribution is -2.39. The first kappa shape index (κ1) is 20.1. The third-order valence-electron chi connectivity index (χ3n) is 5.53. The summed E-state index contributed by atoms with van der Waals surface area (Å²) < 4.78 is 19.1. The summed E-state index contributed by atoms with van der Waals surface area (Å²) in [5.41, 5.74) is 1.15. The number of carbonyl (C=O) groups is 1. The molecule has 5 nitrogen and oxygen atoms in total. The van der Waals surface area contributed by atoms with Crippen LogP contribution in [-0.4, -0.2) is 30.1 Å². The maximum atomic E-state index is 13.3. The Kier molecular flexibility index (Phi) is 6.12. The van der Waals surface area contributed by atoms with Crippen LogP contribution in [0.2, 0.25) is 0 Å². The number of nitrogens with one attached hydrogen (secondary N) is 1. The molecule has 1 aromatic heterocycles. The number of nitrogens with zero attached hydrogens (tertiary/aromatic N) is 2. The van der Waals surface area contributed by atoms with Gasteiger partial charge in [0, 0.05) is 23.7 Å². The molecule has 3 aromatic rings.